The summed E-state index contributed by atoms with van der Waals surface area (Å²) in [4.78, 5) is 12.1. The Labute approximate surface area is 96.6 Å². The molecule has 2 fully saturated rings. The van der Waals surface area contributed by atoms with E-state index >= 15 is 0 Å². The zero-order valence-corrected chi connectivity index (χ0v) is 10.6. The van der Waals surface area contributed by atoms with Gasteiger partial charge in [-0.15, -0.1) is 11.8 Å². The van der Waals surface area contributed by atoms with Gasteiger partial charge in [0.05, 0.1) is 9.62 Å². The Morgan fingerprint density at radius 3 is 2.67 bits per heavy atom. The predicted octanol–water partition coefficient (Wildman–Crippen LogP) is 3.07. The van der Waals surface area contributed by atoms with Gasteiger partial charge < -0.3 is 5.32 Å². The first kappa shape index (κ1) is 11.3. The summed E-state index contributed by atoms with van der Waals surface area (Å²) in [7, 11) is 0. The average molecular weight is 227 g/mol. The summed E-state index contributed by atoms with van der Waals surface area (Å²) in [5.41, 5.74) is 0. The number of hydrogen-bond donors (Lipinski definition) is 1. The van der Waals surface area contributed by atoms with Gasteiger partial charge in [-0.25, -0.2) is 0 Å². The fraction of sp³-hybridized carbons (Fsp3) is 0.917. The molecule has 1 saturated heterocycles. The third-order valence-electron chi connectivity index (χ3n) is 3.63. The van der Waals surface area contributed by atoms with Crippen LogP contribution in [0.1, 0.15) is 58.8 Å². The highest BCUT2D eigenvalue weighted by Gasteiger charge is 2.53. The Bertz CT molecular complexity index is 260. The van der Waals surface area contributed by atoms with E-state index in [1.165, 1.54) is 25.7 Å². The van der Waals surface area contributed by atoms with Crippen LogP contribution >= 0.6 is 11.8 Å². The van der Waals surface area contributed by atoms with Gasteiger partial charge in [-0.3, -0.25) is 4.79 Å². The molecule has 0 aromatic rings. The molecule has 2 aliphatic rings. The molecule has 1 spiro atoms. The molecule has 2 nitrogen and oxygen atoms in total. The van der Waals surface area contributed by atoms with Crippen molar-refractivity contribution in [3.8, 4) is 0 Å². The van der Waals surface area contributed by atoms with E-state index in [1.54, 1.807) is 0 Å². The van der Waals surface area contributed by atoms with Crippen molar-refractivity contribution in [1.29, 1.82) is 0 Å². The van der Waals surface area contributed by atoms with Gasteiger partial charge in [0.15, 0.2) is 0 Å². The normalized spacial score (nSPS) is 33.6. The Kier molecular flexibility index (Phi) is 3.02. The molecule has 0 aromatic carbocycles. The summed E-state index contributed by atoms with van der Waals surface area (Å²) in [6, 6.07) is 0. The lowest BCUT2D eigenvalue weighted by Gasteiger charge is -2.25. The van der Waals surface area contributed by atoms with Gasteiger partial charge in [0.1, 0.15) is 0 Å². The molecule has 1 N–H and O–H groups in total. The zero-order valence-electron chi connectivity index (χ0n) is 9.77. The molecule has 1 unspecified atom stereocenters. The number of carbonyl (C=O) groups excluding carboxylic acids is 1. The first-order valence-electron chi connectivity index (χ1n) is 6.13. The number of amides is 1. The molecule has 1 amide bonds. The summed E-state index contributed by atoms with van der Waals surface area (Å²) in [5.74, 6) is 0.309. The molecule has 0 bridgehead atoms. The van der Waals surface area contributed by atoms with Crippen molar-refractivity contribution in [1.82, 2.24) is 5.32 Å². The second-order valence-corrected chi connectivity index (χ2v) is 6.98. The number of hydrogen-bond acceptors (Lipinski definition) is 2. The number of carbonyl (C=O) groups is 1. The second kappa shape index (κ2) is 4.00. The molecule has 86 valence electrons. The van der Waals surface area contributed by atoms with E-state index in [0.717, 1.165) is 19.3 Å². The summed E-state index contributed by atoms with van der Waals surface area (Å²) < 4.78 is -0.0531. The maximum Gasteiger partial charge on any atom is 0.237 e. The van der Waals surface area contributed by atoms with Crippen LogP contribution in [0.2, 0.25) is 0 Å². The molecule has 0 aromatic heterocycles. The highest BCUT2D eigenvalue weighted by Crippen LogP contribution is 2.52. The van der Waals surface area contributed by atoms with E-state index in [9.17, 15) is 4.79 Å². The lowest BCUT2D eigenvalue weighted by Crippen LogP contribution is -2.39. The molecule has 1 aliphatic heterocycles. The van der Waals surface area contributed by atoms with Crippen LogP contribution in [0.5, 0.6) is 0 Å². The van der Waals surface area contributed by atoms with Crippen LogP contribution in [0.4, 0.5) is 0 Å². The minimum atomic E-state index is -0.0531. The van der Waals surface area contributed by atoms with Crippen molar-refractivity contribution in [3.05, 3.63) is 0 Å². The van der Waals surface area contributed by atoms with Gasteiger partial charge in [-0.2, -0.15) is 0 Å². The average Bonchev–Trinajstić information content (AvgIpc) is 2.72. The molecule has 1 saturated carbocycles. The maximum absolute atomic E-state index is 12.0. The van der Waals surface area contributed by atoms with Gasteiger partial charge in [-0.05, 0) is 26.2 Å². The van der Waals surface area contributed by atoms with Gasteiger partial charge in [0.2, 0.25) is 5.91 Å². The number of rotatable bonds is 3. The van der Waals surface area contributed by atoms with E-state index < -0.39 is 0 Å². The van der Waals surface area contributed by atoms with Gasteiger partial charge in [0.25, 0.3) is 0 Å². The van der Waals surface area contributed by atoms with Crippen molar-refractivity contribution in [2.24, 2.45) is 0 Å². The standard InChI is InChI=1S/C12H21NOS/c1-3-4-7-11(2)13-10(14)12(15-11)8-5-6-9-12/h3-9H2,1-2H3,(H,13,14). The van der Waals surface area contributed by atoms with E-state index in [4.69, 9.17) is 0 Å². The van der Waals surface area contributed by atoms with Crippen LogP contribution < -0.4 is 5.32 Å². The fourth-order valence-electron chi connectivity index (χ4n) is 2.76. The second-order valence-electron chi connectivity index (χ2n) is 5.09. The third kappa shape index (κ3) is 2.03. The van der Waals surface area contributed by atoms with E-state index in [1.807, 2.05) is 11.8 Å². The minimum absolute atomic E-state index is 0.0113. The molecule has 15 heavy (non-hydrogen) atoms. The number of nitrogens with one attached hydrogen (secondary N) is 1. The Morgan fingerprint density at radius 2 is 2.07 bits per heavy atom. The van der Waals surface area contributed by atoms with Crippen molar-refractivity contribution in [2.45, 2.75) is 68.4 Å². The van der Waals surface area contributed by atoms with E-state index in [0.29, 0.717) is 5.91 Å². The van der Waals surface area contributed by atoms with Gasteiger partial charge in [-0.1, -0.05) is 32.6 Å². The van der Waals surface area contributed by atoms with Crippen LogP contribution in [0.15, 0.2) is 0 Å². The molecule has 1 atom stereocenters. The van der Waals surface area contributed by atoms with Crippen molar-refractivity contribution in [2.75, 3.05) is 0 Å². The Balaban J connectivity index is 2.05. The Hall–Kier alpha value is -0.180. The van der Waals surface area contributed by atoms with Crippen LogP contribution in [-0.4, -0.2) is 15.5 Å². The SMILES string of the molecule is CCCCC1(C)NC(=O)C2(CCCC2)S1. The first-order valence-corrected chi connectivity index (χ1v) is 6.95. The zero-order chi connectivity index (χ0) is 10.9. The van der Waals surface area contributed by atoms with Crippen LogP contribution in [0, 0.1) is 0 Å². The highest BCUT2D eigenvalue weighted by molar-refractivity contribution is 8.03. The monoisotopic (exact) mass is 227 g/mol. The molecule has 3 heteroatoms. The van der Waals surface area contributed by atoms with Crippen LogP contribution in [0.25, 0.3) is 0 Å². The topological polar surface area (TPSA) is 29.1 Å². The maximum atomic E-state index is 12.0. The number of unbranched alkanes of at least 4 members (excludes halogenated alkanes) is 1. The van der Waals surface area contributed by atoms with Gasteiger partial charge in [0, 0.05) is 0 Å². The van der Waals surface area contributed by atoms with Crippen LogP contribution in [-0.2, 0) is 4.79 Å². The quantitative estimate of drug-likeness (QED) is 0.803. The summed E-state index contributed by atoms with van der Waals surface area (Å²) >= 11 is 1.91. The van der Waals surface area contributed by atoms with Crippen molar-refractivity contribution >= 4 is 17.7 Å². The molecule has 0 radical (unpaired) electrons. The fourth-order valence-corrected chi connectivity index (χ4v) is 4.65. The minimum Gasteiger partial charge on any atom is -0.341 e. The molecule has 1 aliphatic carbocycles. The summed E-state index contributed by atoms with van der Waals surface area (Å²) in [6.07, 6.45) is 8.16. The Morgan fingerprint density at radius 1 is 1.40 bits per heavy atom. The largest absolute Gasteiger partial charge is 0.341 e. The summed E-state index contributed by atoms with van der Waals surface area (Å²) in [6.45, 7) is 4.40. The van der Waals surface area contributed by atoms with Crippen molar-refractivity contribution < 1.29 is 4.79 Å². The smallest absolute Gasteiger partial charge is 0.237 e. The molecular formula is C12H21NOS. The lowest BCUT2D eigenvalue weighted by atomic mass is 10.1. The van der Waals surface area contributed by atoms with Crippen molar-refractivity contribution in [3.63, 3.8) is 0 Å². The highest BCUT2D eigenvalue weighted by atomic mass is 32.2. The molecule has 2 rings (SSSR count). The molecular weight excluding hydrogens is 206 g/mol. The van der Waals surface area contributed by atoms with Crippen LogP contribution in [0.3, 0.4) is 0 Å². The summed E-state index contributed by atoms with van der Waals surface area (Å²) in [5, 5.41) is 3.22. The predicted molar refractivity (Wildman–Crippen MR) is 64.9 cm³/mol. The molecule has 1 heterocycles. The first-order chi connectivity index (χ1) is 7.10. The van der Waals surface area contributed by atoms with Gasteiger partial charge >= 0.3 is 0 Å². The lowest BCUT2D eigenvalue weighted by molar-refractivity contribution is -0.123. The van der Waals surface area contributed by atoms with E-state index in [-0.39, 0.29) is 9.62 Å². The van der Waals surface area contributed by atoms with E-state index in [2.05, 4.69) is 19.2 Å². The number of thioether (sulfide) groups is 1. The third-order valence-corrected chi connectivity index (χ3v) is 5.37.